The van der Waals surface area contributed by atoms with Gasteiger partial charge in [-0.1, -0.05) is 81.7 Å². The van der Waals surface area contributed by atoms with Gasteiger partial charge in [0.2, 0.25) is 0 Å². The van der Waals surface area contributed by atoms with Crippen molar-refractivity contribution in [2.45, 2.75) is 168 Å². The Morgan fingerprint density at radius 2 is 0.933 bits per heavy atom. The van der Waals surface area contributed by atoms with E-state index >= 15 is 0 Å². The highest BCUT2D eigenvalue weighted by Gasteiger charge is 2.17. The lowest BCUT2D eigenvalue weighted by Crippen LogP contribution is -2.29. The number of allylic oxidation sites excluding steroid dienone is 8. The second-order valence-electron chi connectivity index (χ2n) is 12.6. The van der Waals surface area contributed by atoms with Crippen molar-refractivity contribution in [1.29, 1.82) is 0 Å². The van der Waals surface area contributed by atoms with E-state index in [1.54, 1.807) is 0 Å². The molecule has 0 fully saturated rings. The van der Waals surface area contributed by atoms with E-state index in [0.717, 1.165) is 57.9 Å². The molecule has 0 saturated heterocycles. The number of unbranched alkanes of at least 4 members (excludes halogenated alkanes) is 14. The first-order valence-corrected chi connectivity index (χ1v) is 18.6. The summed E-state index contributed by atoms with van der Waals surface area (Å²) >= 11 is 0. The van der Waals surface area contributed by atoms with Gasteiger partial charge in [0.1, 0.15) is 12.7 Å². The first-order valence-electron chi connectivity index (χ1n) is 18.6. The number of esters is 2. The largest absolute Gasteiger partial charge is 0.462 e. The summed E-state index contributed by atoms with van der Waals surface area (Å²) in [6.45, 7) is 5.37. The van der Waals surface area contributed by atoms with Gasteiger partial charge < -0.3 is 14.4 Å². The fourth-order valence-corrected chi connectivity index (χ4v) is 4.81. The van der Waals surface area contributed by atoms with E-state index < -0.39 is 0 Å². The molecule has 0 aromatic heterocycles. The van der Waals surface area contributed by atoms with E-state index in [4.69, 9.17) is 9.47 Å². The fourth-order valence-electron chi connectivity index (χ4n) is 4.81. The van der Waals surface area contributed by atoms with Crippen molar-refractivity contribution in [3.8, 4) is 0 Å². The van der Waals surface area contributed by atoms with E-state index in [1.807, 2.05) is 14.1 Å². The third kappa shape index (κ3) is 34.6. The lowest BCUT2D eigenvalue weighted by molar-refractivity contribution is -0.159. The lowest BCUT2D eigenvalue weighted by atomic mass is 10.1. The highest BCUT2D eigenvalue weighted by atomic mass is 16.6. The maximum absolute atomic E-state index is 12.5. The van der Waals surface area contributed by atoms with Gasteiger partial charge in [-0.25, -0.2) is 0 Å². The summed E-state index contributed by atoms with van der Waals surface area (Å²) in [5.74, 6) is -0.395. The first-order chi connectivity index (χ1) is 22.0. The Balaban J connectivity index is 3.97. The van der Waals surface area contributed by atoms with Crippen LogP contribution in [-0.2, 0) is 19.1 Å². The molecule has 0 radical (unpaired) electrons. The number of rotatable bonds is 32. The molecule has 0 N–H and O–H groups in total. The molecular formula is C40H71NO4. The SMILES string of the molecule is CCC/C=C\CCCC/C=C\CCCCC(=O)OC[C@H](CCN(C)C)OC(=O)CCCC/C=C\CCCC/C=C\CCCCC. The lowest BCUT2D eigenvalue weighted by Gasteiger charge is -2.20. The molecule has 0 saturated carbocycles. The minimum Gasteiger partial charge on any atom is -0.462 e. The summed E-state index contributed by atoms with van der Waals surface area (Å²) in [4.78, 5) is 26.8. The quantitative estimate of drug-likeness (QED) is 0.0421. The molecule has 0 aliphatic carbocycles. The summed E-state index contributed by atoms with van der Waals surface area (Å²) in [7, 11) is 3.98. The van der Waals surface area contributed by atoms with Gasteiger partial charge in [0.05, 0.1) is 0 Å². The number of hydrogen-bond donors (Lipinski definition) is 0. The predicted octanol–water partition coefficient (Wildman–Crippen LogP) is 11.2. The normalized spacial score (nSPS) is 12.8. The molecule has 0 aromatic rings. The smallest absolute Gasteiger partial charge is 0.306 e. The number of carbonyl (C=O) groups is 2. The second-order valence-corrected chi connectivity index (χ2v) is 12.6. The molecule has 0 heterocycles. The molecule has 1 atom stereocenters. The van der Waals surface area contributed by atoms with Crippen molar-refractivity contribution in [3.05, 3.63) is 48.6 Å². The topological polar surface area (TPSA) is 55.8 Å². The number of hydrogen-bond acceptors (Lipinski definition) is 5. The predicted molar refractivity (Wildman–Crippen MR) is 193 cm³/mol. The number of ether oxygens (including phenoxy) is 2. The van der Waals surface area contributed by atoms with Crippen LogP contribution in [0.3, 0.4) is 0 Å². The van der Waals surface area contributed by atoms with Crippen LogP contribution >= 0.6 is 0 Å². The summed E-state index contributed by atoms with van der Waals surface area (Å²) in [6.07, 6.45) is 42.2. The van der Waals surface area contributed by atoms with E-state index in [2.05, 4.69) is 67.4 Å². The Hall–Kier alpha value is -2.14. The first kappa shape index (κ1) is 42.9. The molecule has 260 valence electrons. The van der Waals surface area contributed by atoms with Gasteiger partial charge >= 0.3 is 11.9 Å². The third-order valence-corrected chi connectivity index (χ3v) is 7.71. The van der Waals surface area contributed by atoms with Crippen molar-refractivity contribution >= 4 is 11.9 Å². The maximum atomic E-state index is 12.5. The third-order valence-electron chi connectivity index (χ3n) is 7.71. The van der Waals surface area contributed by atoms with Crippen LogP contribution in [-0.4, -0.2) is 50.2 Å². The molecule has 5 heteroatoms. The van der Waals surface area contributed by atoms with Crippen molar-refractivity contribution < 1.29 is 19.1 Å². The van der Waals surface area contributed by atoms with Crippen LogP contribution in [0.5, 0.6) is 0 Å². The van der Waals surface area contributed by atoms with Crippen molar-refractivity contribution in [2.24, 2.45) is 0 Å². The molecule has 45 heavy (non-hydrogen) atoms. The highest BCUT2D eigenvalue weighted by Crippen LogP contribution is 2.11. The molecule has 5 nitrogen and oxygen atoms in total. The van der Waals surface area contributed by atoms with E-state index in [1.165, 1.54) is 77.0 Å². The van der Waals surface area contributed by atoms with Gasteiger partial charge in [-0.2, -0.15) is 0 Å². The Bertz CT molecular complexity index is 783. The zero-order valence-corrected chi connectivity index (χ0v) is 30.0. The van der Waals surface area contributed by atoms with Crippen LogP contribution in [0.1, 0.15) is 162 Å². The van der Waals surface area contributed by atoms with E-state index in [0.29, 0.717) is 19.3 Å². The van der Waals surface area contributed by atoms with Crippen LogP contribution in [0.25, 0.3) is 0 Å². The second kappa shape index (κ2) is 34.7. The van der Waals surface area contributed by atoms with Crippen LogP contribution in [0.15, 0.2) is 48.6 Å². The molecule has 0 aliphatic rings. The van der Waals surface area contributed by atoms with Gasteiger partial charge in [0.25, 0.3) is 0 Å². The van der Waals surface area contributed by atoms with Crippen molar-refractivity contribution in [1.82, 2.24) is 4.90 Å². The summed E-state index contributed by atoms with van der Waals surface area (Å²) in [5, 5.41) is 0. The molecule has 0 bridgehead atoms. The number of nitrogens with zero attached hydrogens (tertiary/aromatic N) is 1. The fraction of sp³-hybridized carbons (Fsp3) is 0.750. The van der Waals surface area contributed by atoms with Crippen LogP contribution in [0.4, 0.5) is 0 Å². The molecular weight excluding hydrogens is 558 g/mol. The van der Waals surface area contributed by atoms with Crippen LogP contribution < -0.4 is 0 Å². The maximum Gasteiger partial charge on any atom is 0.306 e. The Morgan fingerprint density at radius 1 is 0.533 bits per heavy atom. The van der Waals surface area contributed by atoms with Gasteiger partial charge in [-0.15, -0.1) is 0 Å². The Kier molecular flexibility index (Phi) is 33.1. The molecule has 0 unspecified atom stereocenters. The number of carbonyl (C=O) groups excluding carboxylic acids is 2. The average molecular weight is 630 g/mol. The highest BCUT2D eigenvalue weighted by molar-refractivity contribution is 5.70. The standard InChI is InChI=1S/C40H71NO4/c1-5-7-9-11-13-15-17-19-20-22-24-26-28-30-32-34-40(43)45-38(35-36-41(3)4)37-44-39(42)33-31-29-27-25-23-21-18-16-14-12-10-8-6-2/h10,12-13,15,23-26,38H,5-9,11,14,16-22,27-37H2,1-4H3/b12-10-,15-13-,25-23-,26-24-/t38-/m0/s1. The molecule has 0 amide bonds. The van der Waals surface area contributed by atoms with Crippen molar-refractivity contribution in [3.63, 3.8) is 0 Å². The summed E-state index contributed by atoms with van der Waals surface area (Å²) < 4.78 is 11.2. The monoisotopic (exact) mass is 630 g/mol. The summed E-state index contributed by atoms with van der Waals surface area (Å²) in [6, 6.07) is 0. The van der Waals surface area contributed by atoms with Crippen molar-refractivity contribution in [2.75, 3.05) is 27.2 Å². The molecule has 0 spiro atoms. The van der Waals surface area contributed by atoms with Crippen LogP contribution in [0, 0.1) is 0 Å². The zero-order valence-electron chi connectivity index (χ0n) is 30.0. The minimum absolute atomic E-state index is 0.142. The minimum atomic E-state index is -0.389. The van der Waals surface area contributed by atoms with Gasteiger partial charge in [-0.3, -0.25) is 9.59 Å². The van der Waals surface area contributed by atoms with E-state index in [-0.39, 0.29) is 24.6 Å². The van der Waals surface area contributed by atoms with Crippen LogP contribution in [0.2, 0.25) is 0 Å². The van der Waals surface area contributed by atoms with Gasteiger partial charge in [0, 0.05) is 25.8 Å². The van der Waals surface area contributed by atoms with Gasteiger partial charge in [0.15, 0.2) is 0 Å². The summed E-state index contributed by atoms with van der Waals surface area (Å²) in [5.41, 5.74) is 0. The zero-order chi connectivity index (χ0) is 33.1. The average Bonchev–Trinajstić information content (AvgIpc) is 3.02. The molecule has 0 aromatic carbocycles. The molecule has 0 aliphatic heterocycles. The van der Waals surface area contributed by atoms with Gasteiger partial charge in [-0.05, 0) is 123 Å². The Labute approximate surface area is 279 Å². The Morgan fingerprint density at radius 3 is 1.36 bits per heavy atom. The van der Waals surface area contributed by atoms with E-state index in [9.17, 15) is 9.59 Å². The molecule has 0 rings (SSSR count).